The first-order chi connectivity index (χ1) is 13.4. The standard InChI is InChI=1S/C21H23N3O3S/c1-4-21(16-8-6-5-7-9-16)19(26)24(20(27)22-21)23-18(25)13-28-17-11-10-14(2)15(3)12-17/h5-12H,4,13H2,1-3H3,(H,22,27)(H,23,25). The van der Waals surface area contributed by atoms with E-state index in [0.717, 1.165) is 15.5 Å². The van der Waals surface area contributed by atoms with E-state index in [-0.39, 0.29) is 5.75 Å². The molecule has 4 amide bonds. The maximum absolute atomic E-state index is 13.0. The molecule has 2 aromatic carbocycles. The summed E-state index contributed by atoms with van der Waals surface area (Å²) in [5.74, 6) is -0.785. The van der Waals surface area contributed by atoms with Crippen molar-refractivity contribution in [3.8, 4) is 0 Å². The van der Waals surface area contributed by atoms with Crippen LogP contribution in [-0.4, -0.2) is 28.6 Å². The van der Waals surface area contributed by atoms with Gasteiger partial charge in [-0.15, -0.1) is 11.8 Å². The zero-order valence-electron chi connectivity index (χ0n) is 16.1. The Kier molecular flexibility index (Phi) is 5.74. The molecule has 1 unspecified atom stereocenters. The Balaban J connectivity index is 1.68. The number of rotatable bonds is 6. The topological polar surface area (TPSA) is 78.5 Å². The molecule has 0 saturated carbocycles. The molecule has 28 heavy (non-hydrogen) atoms. The molecule has 1 aliphatic heterocycles. The number of hydrogen-bond donors (Lipinski definition) is 2. The van der Waals surface area contributed by atoms with Crippen molar-refractivity contribution in [2.45, 2.75) is 37.6 Å². The number of aryl methyl sites for hydroxylation is 2. The van der Waals surface area contributed by atoms with Crippen molar-refractivity contribution in [2.24, 2.45) is 0 Å². The fourth-order valence-corrected chi connectivity index (χ4v) is 3.93. The van der Waals surface area contributed by atoms with Gasteiger partial charge in [0.2, 0.25) is 5.91 Å². The highest BCUT2D eigenvalue weighted by Crippen LogP contribution is 2.31. The van der Waals surface area contributed by atoms with Crippen LogP contribution in [0.25, 0.3) is 0 Å². The van der Waals surface area contributed by atoms with Gasteiger partial charge >= 0.3 is 6.03 Å². The van der Waals surface area contributed by atoms with Crippen molar-refractivity contribution in [2.75, 3.05) is 5.75 Å². The highest BCUT2D eigenvalue weighted by atomic mass is 32.2. The minimum Gasteiger partial charge on any atom is -0.318 e. The SMILES string of the molecule is CCC1(c2ccccc2)NC(=O)N(NC(=O)CSc2ccc(C)c(C)c2)C1=O. The number of thioether (sulfide) groups is 1. The molecule has 1 atom stereocenters. The molecule has 0 radical (unpaired) electrons. The summed E-state index contributed by atoms with van der Waals surface area (Å²) in [5, 5.41) is 3.53. The van der Waals surface area contributed by atoms with Gasteiger partial charge in [0.25, 0.3) is 5.91 Å². The van der Waals surface area contributed by atoms with Gasteiger partial charge in [-0.1, -0.05) is 43.3 Å². The van der Waals surface area contributed by atoms with Crippen molar-refractivity contribution < 1.29 is 14.4 Å². The number of benzene rings is 2. The molecule has 0 aliphatic carbocycles. The fourth-order valence-electron chi connectivity index (χ4n) is 3.15. The first kappa shape index (κ1) is 19.9. The van der Waals surface area contributed by atoms with Gasteiger partial charge in [-0.05, 0) is 49.1 Å². The zero-order chi connectivity index (χ0) is 20.3. The molecular weight excluding hydrogens is 374 g/mol. The molecule has 1 aliphatic rings. The highest BCUT2D eigenvalue weighted by molar-refractivity contribution is 8.00. The van der Waals surface area contributed by atoms with Crippen molar-refractivity contribution >= 4 is 29.6 Å². The summed E-state index contributed by atoms with van der Waals surface area (Å²) in [6.07, 6.45) is 0.380. The van der Waals surface area contributed by atoms with E-state index in [4.69, 9.17) is 0 Å². The number of urea groups is 1. The van der Waals surface area contributed by atoms with Crippen LogP contribution in [0.3, 0.4) is 0 Å². The Labute approximate surface area is 168 Å². The van der Waals surface area contributed by atoms with Crippen LogP contribution in [0.5, 0.6) is 0 Å². The van der Waals surface area contributed by atoms with Crippen molar-refractivity contribution in [3.05, 3.63) is 65.2 Å². The number of nitrogens with one attached hydrogen (secondary N) is 2. The average molecular weight is 398 g/mol. The van der Waals surface area contributed by atoms with Crippen molar-refractivity contribution in [3.63, 3.8) is 0 Å². The second kappa shape index (κ2) is 8.06. The van der Waals surface area contributed by atoms with Crippen LogP contribution in [0.4, 0.5) is 4.79 Å². The van der Waals surface area contributed by atoms with Crippen LogP contribution >= 0.6 is 11.8 Å². The molecule has 0 bridgehead atoms. The Bertz CT molecular complexity index is 916. The van der Waals surface area contributed by atoms with Crippen LogP contribution in [0, 0.1) is 13.8 Å². The van der Waals surface area contributed by atoms with Gasteiger partial charge in [-0.2, -0.15) is 5.01 Å². The fraction of sp³-hybridized carbons (Fsp3) is 0.286. The second-order valence-electron chi connectivity index (χ2n) is 6.77. The Morgan fingerprint density at radius 2 is 1.82 bits per heavy atom. The normalized spacial score (nSPS) is 18.9. The lowest BCUT2D eigenvalue weighted by Crippen LogP contribution is -2.49. The molecule has 2 aromatic rings. The third kappa shape index (κ3) is 3.75. The van der Waals surface area contributed by atoms with E-state index < -0.39 is 23.4 Å². The number of hydrogen-bond acceptors (Lipinski definition) is 4. The van der Waals surface area contributed by atoms with Crippen molar-refractivity contribution in [1.82, 2.24) is 15.8 Å². The van der Waals surface area contributed by atoms with Crippen LogP contribution in [-0.2, 0) is 15.1 Å². The maximum Gasteiger partial charge on any atom is 0.344 e. The lowest BCUT2D eigenvalue weighted by atomic mass is 9.87. The van der Waals surface area contributed by atoms with Gasteiger partial charge < -0.3 is 5.32 Å². The van der Waals surface area contributed by atoms with E-state index in [2.05, 4.69) is 10.7 Å². The Hall–Kier alpha value is -2.80. The van der Waals surface area contributed by atoms with Gasteiger partial charge in [0.05, 0.1) is 5.75 Å². The summed E-state index contributed by atoms with van der Waals surface area (Å²) in [5.41, 5.74) is 4.31. The Morgan fingerprint density at radius 1 is 1.11 bits per heavy atom. The van der Waals surface area contributed by atoms with E-state index in [9.17, 15) is 14.4 Å². The molecule has 0 spiro atoms. The van der Waals surface area contributed by atoms with Gasteiger partial charge in [0.1, 0.15) is 5.54 Å². The number of imide groups is 1. The molecule has 0 aromatic heterocycles. The third-order valence-electron chi connectivity index (χ3n) is 4.97. The molecule has 3 rings (SSSR count). The highest BCUT2D eigenvalue weighted by Gasteiger charge is 2.52. The average Bonchev–Trinajstić information content (AvgIpc) is 2.94. The van der Waals surface area contributed by atoms with Crippen LogP contribution in [0.15, 0.2) is 53.4 Å². The minimum absolute atomic E-state index is 0.101. The summed E-state index contributed by atoms with van der Waals surface area (Å²) in [4.78, 5) is 38.7. The molecule has 1 saturated heterocycles. The molecule has 1 fully saturated rings. The van der Waals surface area contributed by atoms with Gasteiger partial charge in [-0.25, -0.2) is 4.79 Å². The largest absolute Gasteiger partial charge is 0.344 e. The van der Waals surface area contributed by atoms with Gasteiger partial charge in [0, 0.05) is 4.90 Å². The first-order valence-electron chi connectivity index (χ1n) is 9.09. The predicted molar refractivity (Wildman–Crippen MR) is 109 cm³/mol. The molecular formula is C21H23N3O3S. The monoisotopic (exact) mass is 397 g/mol. The van der Waals surface area contributed by atoms with Crippen molar-refractivity contribution in [1.29, 1.82) is 0 Å². The first-order valence-corrected chi connectivity index (χ1v) is 10.1. The summed E-state index contributed by atoms with van der Waals surface area (Å²) in [6, 6.07) is 14.4. The number of nitrogens with zero attached hydrogens (tertiary/aromatic N) is 1. The summed E-state index contributed by atoms with van der Waals surface area (Å²) in [6.45, 7) is 5.87. The number of amides is 4. The van der Waals surface area contributed by atoms with E-state index in [1.54, 1.807) is 12.1 Å². The van der Waals surface area contributed by atoms with E-state index in [1.165, 1.54) is 17.3 Å². The van der Waals surface area contributed by atoms with Gasteiger partial charge in [-0.3, -0.25) is 15.0 Å². The van der Waals surface area contributed by atoms with Crippen LogP contribution in [0.1, 0.15) is 30.0 Å². The van der Waals surface area contributed by atoms with E-state index in [0.29, 0.717) is 12.0 Å². The van der Waals surface area contributed by atoms with Crippen LogP contribution < -0.4 is 10.7 Å². The number of carbonyl (C=O) groups excluding carboxylic acids is 3. The third-order valence-corrected chi connectivity index (χ3v) is 5.97. The minimum atomic E-state index is -1.16. The lowest BCUT2D eigenvalue weighted by molar-refractivity contribution is -0.138. The Morgan fingerprint density at radius 3 is 2.46 bits per heavy atom. The lowest BCUT2D eigenvalue weighted by Gasteiger charge is -2.25. The maximum atomic E-state index is 13.0. The smallest absolute Gasteiger partial charge is 0.318 e. The quantitative estimate of drug-likeness (QED) is 0.579. The number of carbonyl (C=O) groups is 3. The molecule has 2 N–H and O–H groups in total. The molecule has 146 valence electrons. The van der Waals surface area contributed by atoms with E-state index in [1.807, 2.05) is 57.2 Å². The van der Waals surface area contributed by atoms with Gasteiger partial charge in [0.15, 0.2) is 0 Å². The second-order valence-corrected chi connectivity index (χ2v) is 7.81. The van der Waals surface area contributed by atoms with E-state index >= 15 is 0 Å². The molecule has 1 heterocycles. The molecule has 7 heteroatoms. The summed E-state index contributed by atoms with van der Waals surface area (Å²) in [7, 11) is 0. The van der Waals surface area contributed by atoms with Crippen LogP contribution in [0.2, 0.25) is 0 Å². The predicted octanol–water partition coefficient (Wildman–Crippen LogP) is 3.28. The summed E-state index contributed by atoms with van der Waals surface area (Å²) >= 11 is 1.36. The molecule has 6 nitrogen and oxygen atoms in total. The zero-order valence-corrected chi connectivity index (χ0v) is 16.9. The number of hydrazine groups is 1. The summed E-state index contributed by atoms with van der Waals surface area (Å²) < 4.78 is 0.